The van der Waals surface area contributed by atoms with Crippen molar-refractivity contribution in [2.24, 2.45) is 7.05 Å². The largest absolute Gasteiger partial charge is 0.506 e. The second kappa shape index (κ2) is 14.9. The van der Waals surface area contributed by atoms with Gasteiger partial charge in [0, 0.05) is 45.0 Å². The van der Waals surface area contributed by atoms with E-state index in [0.29, 0.717) is 42.0 Å². The number of ether oxygens (including phenoxy) is 1. The number of rotatable bonds is 14. The van der Waals surface area contributed by atoms with Gasteiger partial charge in [-0.25, -0.2) is 0 Å². The number of phenols is 1. The zero-order chi connectivity index (χ0) is 30.2. The number of aliphatic hydroxyl groups is 1. The number of amides is 1. The summed E-state index contributed by atoms with van der Waals surface area (Å²) in [7, 11) is 1.92. The molecule has 0 radical (unpaired) electrons. The standard InChI is InChI=1S/C32H47N5O5S/c1-35-16-9-10-25(35)30(40)37-20-21-42-32(23-37)13-18-36(19-14-32)17-8-6-4-2-3-5-7-15-33-22-27(39)24-11-12-26(38)28-29(24)43-31(41)34-28/h9-12,16,27,33,38-39H,2-8,13-15,17-23H2,1H3,(H,34,41). The van der Waals surface area contributed by atoms with Crippen LogP contribution in [0.1, 0.15) is 79.9 Å². The van der Waals surface area contributed by atoms with Crippen molar-refractivity contribution in [2.75, 3.05) is 52.4 Å². The van der Waals surface area contributed by atoms with Gasteiger partial charge in [0.15, 0.2) is 0 Å². The molecule has 1 atom stereocenters. The van der Waals surface area contributed by atoms with Gasteiger partial charge in [0.1, 0.15) is 17.0 Å². The molecule has 10 nitrogen and oxygen atoms in total. The predicted molar refractivity (Wildman–Crippen MR) is 170 cm³/mol. The van der Waals surface area contributed by atoms with Gasteiger partial charge < -0.3 is 39.6 Å². The summed E-state index contributed by atoms with van der Waals surface area (Å²) >= 11 is 1.01. The van der Waals surface area contributed by atoms with Crippen LogP contribution < -0.4 is 10.2 Å². The highest BCUT2D eigenvalue weighted by molar-refractivity contribution is 7.16. The smallest absolute Gasteiger partial charge is 0.305 e. The van der Waals surface area contributed by atoms with Gasteiger partial charge in [-0.05, 0) is 57.0 Å². The van der Waals surface area contributed by atoms with Crippen LogP contribution in [-0.4, -0.2) is 93.5 Å². The molecule has 0 bridgehead atoms. The second-order valence-corrected chi connectivity index (χ2v) is 13.2. The highest BCUT2D eigenvalue weighted by Crippen LogP contribution is 2.32. The first-order valence-electron chi connectivity index (χ1n) is 15.9. The highest BCUT2D eigenvalue weighted by atomic mass is 32.1. The number of aryl methyl sites for hydroxylation is 1. The van der Waals surface area contributed by atoms with Crippen LogP contribution in [0.2, 0.25) is 0 Å². The number of aromatic nitrogens is 2. The number of H-pyrrole nitrogens is 1. The van der Waals surface area contributed by atoms with Crippen molar-refractivity contribution in [3.8, 4) is 5.75 Å². The van der Waals surface area contributed by atoms with Crippen LogP contribution in [0, 0.1) is 0 Å². The molecule has 1 amide bonds. The van der Waals surface area contributed by atoms with Gasteiger partial charge in [-0.3, -0.25) is 9.59 Å². The lowest BCUT2D eigenvalue weighted by atomic mass is 9.89. The normalized spacial score (nSPS) is 18.0. The molecule has 2 aromatic heterocycles. The number of nitrogens with zero attached hydrogens (tertiary/aromatic N) is 3. The number of benzene rings is 1. The molecule has 0 aliphatic carbocycles. The van der Waals surface area contributed by atoms with E-state index in [1.807, 2.05) is 34.8 Å². The number of aromatic hydroxyl groups is 1. The Balaban J connectivity index is 0.885. The summed E-state index contributed by atoms with van der Waals surface area (Å²) in [6.07, 6.45) is 11.6. The summed E-state index contributed by atoms with van der Waals surface area (Å²) in [5.41, 5.74) is 1.62. The van der Waals surface area contributed by atoms with E-state index in [0.717, 1.165) is 62.5 Å². The first-order chi connectivity index (χ1) is 20.8. The number of carbonyl (C=O) groups is 1. The summed E-state index contributed by atoms with van der Waals surface area (Å²) in [4.78, 5) is 31.6. The van der Waals surface area contributed by atoms with Crippen molar-refractivity contribution in [3.05, 3.63) is 51.4 Å². The fraction of sp³-hybridized carbons (Fsp3) is 0.625. The number of thiazole rings is 1. The Kier molecular flexibility index (Phi) is 11.0. The van der Waals surface area contributed by atoms with E-state index in [2.05, 4.69) is 15.2 Å². The third-order valence-corrected chi connectivity index (χ3v) is 10.0. The van der Waals surface area contributed by atoms with Crippen molar-refractivity contribution < 1.29 is 19.7 Å². The van der Waals surface area contributed by atoms with Gasteiger partial charge in [-0.1, -0.05) is 49.5 Å². The van der Waals surface area contributed by atoms with Crippen molar-refractivity contribution in [1.29, 1.82) is 0 Å². The average molecular weight is 614 g/mol. The molecular formula is C32H47N5O5S. The van der Waals surface area contributed by atoms with Gasteiger partial charge in [0.2, 0.25) is 0 Å². The number of unbranched alkanes of at least 4 members (excludes halogenated alkanes) is 6. The van der Waals surface area contributed by atoms with Crippen LogP contribution in [0.25, 0.3) is 10.2 Å². The molecule has 1 aromatic carbocycles. The zero-order valence-electron chi connectivity index (χ0n) is 25.4. The van der Waals surface area contributed by atoms with Crippen LogP contribution in [0.4, 0.5) is 0 Å². The molecule has 236 valence electrons. The monoisotopic (exact) mass is 613 g/mol. The number of likely N-dealkylation sites (tertiary alicyclic amines) is 1. The number of nitrogens with one attached hydrogen (secondary N) is 2. The van der Waals surface area contributed by atoms with E-state index >= 15 is 0 Å². The lowest BCUT2D eigenvalue weighted by Gasteiger charge is -2.47. The molecule has 2 aliphatic rings. The first kappa shape index (κ1) is 31.7. The summed E-state index contributed by atoms with van der Waals surface area (Å²) < 4.78 is 8.79. The predicted octanol–water partition coefficient (Wildman–Crippen LogP) is 3.99. The van der Waals surface area contributed by atoms with E-state index < -0.39 is 6.10 Å². The van der Waals surface area contributed by atoms with E-state index in [1.165, 1.54) is 44.6 Å². The van der Waals surface area contributed by atoms with Crippen LogP contribution in [0.5, 0.6) is 5.75 Å². The molecule has 3 aromatic rings. The Morgan fingerprint density at radius 2 is 1.84 bits per heavy atom. The Morgan fingerprint density at radius 1 is 1.09 bits per heavy atom. The summed E-state index contributed by atoms with van der Waals surface area (Å²) in [6, 6.07) is 7.02. The molecule has 2 aliphatic heterocycles. The summed E-state index contributed by atoms with van der Waals surface area (Å²) in [5.74, 6) is 0.135. The number of hydrogen-bond donors (Lipinski definition) is 4. The number of hydrogen-bond acceptors (Lipinski definition) is 8. The SMILES string of the molecule is Cn1cccc1C(=O)N1CCOC2(CCN(CCCCCCCCCNCC(O)c3ccc(O)c4[nH]c(=O)sc34)CC2)C1. The van der Waals surface area contributed by atoms with Gasteiger partial charge >= 0.3 is 4.87 Å². The molecule has 11 heteroatoms. The molecule has 5 rings (SSSR count). The molecule has 4 heterocycles. The zero-order valence-corrected chi connectivity index (χ0v) is 26.2. The molecular weight excluding hydrogens is 566 g/mol. The molecule has 1 unspecified atom stereocenters. The van der Waals surface area contributed by atoms with Gasteiger partial charge in [-0.15, -0.1) is 0 Å². The van der Waals surface area contributed by atoms with Gasteiger partial charge in [-0.2, -0.15) is 0 Å². The minimum Gasteiger partial charge on any atom is -0.506 e. The van der Waals surface area contributed by atoms with Crippen LogP contribution >= 0.6 is 11.3 Å². The van der Waals surface area contributed by atoms with E-state index in [-0.39, 0.29) is 22.1 Å². The molecule has 1 spiro atoms. The maximum absolute atomic E-state index is 13.0. The highest BCUT2D eigenvalue weighted by Gasteiger charge is 2.41. The minimum absolute atomic E-state index is 0.0255. The Morgan fingerprint density at radius 3 is 2.58 bits per heavy atom. The minimum atomic E-state index is -0.728. The lowest BCUT2D eigenvalue weighted by Crippen LogP contribution is -2.58. The van der Waals surface area contributed by atoms with Crippen LogP contribution in [0.3, 0.4) is 0 Å². The third-order valence-electron chi connectivity index (χ3n) is 9.08. The van der Waals surface area contributed by atoms with Crippen molar-refractivity contribution in [2.45, 2.75) is 69.5 Å². The number of aromatic amines is 1. The molecule has 4 N–H and O–H groups in total. The summed E-state index contributed by atoms with van der Waals surface area (Å²) in [5, 5.41) is 23.9. The van der Waals surface area contributed by atoms with Gasteiger partial charge in [0.25, 0.3) is 5.91 Å². The maximum Gasteiger partial charge on any atom is 0.305 e. The second-order valence-electron chi connectivity index (χ2n) is 12.2. The Bertz CT molecular complexity index is 1390. The molecule has 2 fully saturated rings. The van der Waals surface area contributed by atoms with E-state index in [1.54, 1.807) is 6.07 Å². The maximum atomic E-state index is 13.0. The van der Waals surface area contributed by atoms with Crippen molar-refractivity contribution in [1.82, 2.24) is 24.7 Å². The number of piperidine rings is 1. The fourth-order valence-corrected chi connectivity index (χ4v) is 7.39. The number of morpholine rings is 1. The van der Waals surface area contributed by atoms with Crippen LogP contribution in [-0.2, 0) is 11.8 Å². The number of aliphatic hydroxyl groups excluding tert-OH is 1. The van der Waals surface area contributed by atoms with Crippen LogP contribution in [0.15, 0.2) is 35.3 Å². The summed E-state index contributed by atoms with van der Waals surface area (Å²) in [6.45, 7) is 6.46. The number of phenolic OH excluding ortho intramolecular Hbond substituents is 1. The molecule has 43 heavy (non-hydrogen) atoms. The molecule has 2 saturated heterocycles. The first-order valence-corrected chi connectivity index (χ1v) is 16.7. The number of carbonyl (C=O) groups excluding carboxylic acids is 1. The van der Waals surface area contributed by atoms with E-state index in [9.17, 15) is 19.8 Å². The Labute approximate surface area is 257 Å². The lowest BCUT2D eigenvalue weighted by molar-refractivity contribution is -0.127. The average Bonchev–Trinajstić information content (AvgIpc) is 3.62. The van der Waals surface area contributed by atoms with Gasteiger partial charge in [0.05, 0.1) is 29.6 Å². The topological polar surface area (TPSA) is 123 Å². The quantitative estimate of drug-likeness (QED) is 0.203. The third kappa shape index (κ3) is 8.07. The molecule has 0 saturated carbocycles. The van der Waals surface area contributed by atoms with E-state index in [4.69, 9.17) is 4.74 Å². The van der Waals surface area contributed by atoms with Crippen molar-refractivity contribution in [3.63, 3.8) is 0 Å². The fourth-order valence-electron chi connectivity index (χ4n) is 6.47. The van der Waals surface area contributed by atoms with Crippen molar-refractivity contribution >= 4 is 27.5 Å². The number of fused-ring (bicyclic) bond motifs is 1. The Hall–Kier alpha value is -2.70.